The zero-order valence-electron chi connectivity index (χ0n) is 8.79. The summed E-state index contributed by atoms with van der Waals surface area (Å²) < 4.78 is 5.61. The third-order valence-corrected chi connectivity index (χ3v) is 2.98. The molecule has 0 amide bonds. The first-order valence-electron chi connectivity index (χ1n) is 5.17. The van der Waals surface area contributed by atoms with E-state index in [1.165, 1.54) is 16.7 Å². The van der Waals surface area contributed by atoms with Crippen molar-refractivity contribution in [2.75, 3.05) is 25.9 Å². The molecule has 3 heteroatoms. The summed E-state index contributed by atoms with van der Waals surface area (Å²) in [4.78, 5) is 2.29. The molecule has 1 aromatic rings. The molecule has 0 radical (unpaired) electrons. The van der Waals surface area contributed by atoms with E-state index in [0.29, 0.717) is 6.61 Å². The molecule has 0 unspecified atom stereocenters. The number of nitrogens with zero attached hydrogens (tertiary/aromatic N) is 1. The summed E-state index contributed by atoms with van der Waals surface area (Å²) in [5.41, 5.74) is 10.6. The van der Waals surface area contributed by atoms with Crippen LogP contribution >= 0.6 is 0 Å². The van der Waals surface area contributed by atoms with E-state index in [1.807, 2.05) is 6.07 Å². The van der Waals surface area contributed by atoms with Gasteiger partial charge < -0.3 is 10.5 Å². The summed E-state index contributed by atoms with van der Waals surface area (Å²) in [6.45, 7) is 2.63. The lowest BCUT2D eigenvalue weighted by atomic mass is 9.92. The van der Waals surface area contributed by atoms with Crippen LogP contribution in [0.15, 0.2) is 18.2 Å². The fraction of sp³-hybridized carbons (Fsp3) is 0.333. The Bertz CT molecular complexity index is 451. The fourth-order valence-electron chi connectivity index (χ4n) is 2.42. The van der Waals surface area contributed by atoms with Gasteiger partial charge in [0.2, 0.25) is 0 Å². The van der Waals surface area contributed by atoms with Crippen molar-refractivity contribution in [3.8, 4) is 5.75 Å². The monoisotopic (exact) mass is 202 g/mol. The summed E-state index contributed by atoms with van der Waals surface area (Å²) in [5, 5.41) is 0. The molecule has 1 aromatic carbocycles. The second kappa shape index (κ2) is 3.00. The Balaban J connectivity index is 2.24. The molecule has 2 N–H and O–H groups in total. The molecular weight excluding hydrogens is 188 g/mol. The number of benzene rings is 1. The normalized spacial score (nSPS) is 19.1. The molecule has 0 atom stereocenters. The minimum Gasteiger partial charge on any atom is -0.489 e. The molecule has 0 spiro atoms. The lowest BCUT2D eigenvalue weighted by molar-refractivity contribution is 0.330. The van der Waals surface area contributed by atoms with Crippen LogP contribution in [0.3, 0.4) is 0 Å². The number of likely N-dealkylation sites (N-methyl/N-ethyl adjacent to an activating group) is 1. The molecule has 0 fully saturated rings. The Morgan fingerprint density at radius 1 is 1.33 bits per heavy atom. The van der Waals surface area contributed by atoms with E-state index in [4.69, 9.17) is 10.5 Å². The molecular formula is C12H14N2O. The topological polar surface area (TPSA) is 38.5 Å². The average Bonchev–Trinajstić information content (AvgIpc) is 2.16. The first-order valence-corrected chi connectivity index (χ1v) is 5.17. The number of hydrogen-bond acceptors (Lipinski definition) is 3. The maximum absolute atomic E-state index is 5.86. The minimum atomic E-state index is 0.666. The maximum atomic E-state index is 5.86. The number of nitrogen functional groups attached to an aromatic ring is 1. The van der Waals surface area contributed by atoms with Gasteiger partial charge in [0.05, 0.1) is 0 Å². The molecule has 2 aliphatic rings. The summed E-state index contributed by atoms with van der Waals surface area (Å²) in [6.07, 6.45) is 2.16. The van der Waals surface area contributed by atoms with Gasteiger partial charge in [-0.05, 0) is 30.3 Å². The Hall–Kier alpha value is -1.48. The highest BCUT2D eigenvalue weighted by Gasteiger charge is 2.24. The lowest BCUT2D eigenvalue weighted by Gasteiger charge is -2.31. The van der Waals surface area contributed by atoms with Crippen LogP contribution in [0.25, 0.3) is 5.57 Å². The quantitative estimate of drug-likeness (QED) is 0.648. The van der Waals surface area contributed by atoms with E-state index in [1.54, 1.807) is 0 Å². The van der Waals surface area contributed by atoms with Crippen LogP contribution in [0.1, 0.15) is 11.1 Å². The Labute approximate surface area is 89.1 Å². The smallest absolute Gasteiger partial charge is 0.129 e. The van der Waals surface area contributed by atoms with Gasteiger partial charge in [0.15, 0.2) is 0 Å². The van der Waals surface area contributed by atoms with E-state index in [0.717, 1.165) is 24.5 Å². The molecule has 3 rings (SSSR count). The summed E-state index contributed by atoms with van der Waals surface area (Å²) in [7, 11) is 2.13. The Kier molecular flexibility index (Phi) is 1.76. The number of hydrogen-bond donors (Lipinski definition) is 1. The maximum Gasteiger partial charge on any atom is 0.129 e. The molecule has 0 aromatic heterocycles. The first-order chi connectivity index (χ1) is 7.24. The molecule has 2 aliphatic heterocycles. The van der Waals surface area contributed by atoms with Gasteiger partial charge in [-0.2, -0.15) is 0 Å². The Morgan fingerprint density at radius 3 is 3.07 bits per heavy atom. The zero-order valence-corrected chi connectivity index (χ0v) is 8.79. The minimum absolute atomic E-state index is 0.666. The van der Waals surface area contributed by atoms with Crippen molar-refractivity contribution < 1.29 is 4.74 Å². The molecule has 0 saturated heterocycles. The standard InChI is InChI=1S/C12H14N2O/c1-14-6-8-2-3-15-11-5-10(13)4-9(7-14)12(8)11/h2,4-5H,3,6-7,13H2,1H3. The largest absolute Gasteiger partial charge is 0.489 e. The van der Waals surface area contributed by atoms with Crippen LogP contribution in [-0.4, -0.2) is 25.1 Å². The molecule has 78 valence electrons. The van der Waals surface area contributed by atoms with Crippen molar-refractivity contribution in [2.24, 2.45) is 0 Å². The van der Waals surface area contributed by atoms with Crippen molar-refractivity contribution >= 4 is 11.3 Å². The van der Waals surface area contributed by atoms with E-state index in [9.17, 15) is 0 Å². The van der Waals surface area contributed by atoms with Crippen LogP contribution in [-0.2, 0) is 6.54 Å². The van der Waals surface area contributed by atoms with E-state index in [-0.39, 0.29) is 0 Å². The highest BCUT2D eigenvalue weighted by molar-refractivity contribution is 5.79. The van der Waals surface area contributed by atoms with E-state index in [2.05, 4.69) is 24.1 Å². The summed E-state index contributed by atoms with van der Waals surface area (Å²) in [6, 6.07) is 3.98. The number of ether oxygens (including phenoxy) is 1. The lowest BCUT2D eigenvalue weighted by Crippen LogP contribution is -2.28. The molecule has 15 heavy (non-hydrogen) atoms. The number of rotatable bonds is 0. The van der Waals surface area contributed by atoms with Gasteiger partial charge in [-0.25, -0.2) is 0 Å². The van der Waals surface area contributed by atoms with Crippen LogP contribution in [0, 0.1) is 0 Å². The highest BCUT2D eigenvalue weighted by Crippen LogP contribution is 2.38. The first kappa shape index (κ1) is 8.80. The van der Waals surface area contributed by atoms with Crippen LogP contribution in [0.5, 0.6) is 5.75 Å². The average molecular weight is 202 g/mol. The second-order valence-corrected chi connectivity index (χ2v) is 4.27. The van der Waals surface area contributed by atoms with Crippen molar-refractivity contribution in [2.45, 2.75) is 6.54 Å². The van der Waals surface area contributed by atoms with Crippen LogP contribution < -0.4 is 10.5 Å². The van der Waals surface area contributed by atoms with E-state index >= 15 is 0 Å². The van der Waals surface area contributed by atoms with Gasteiger partial charge in [-0.15, -0.1) is 0 Å². The zero-order chi connectivity index (χ0) is 10.4. The van der Waals surface area contributed by atoms with Crippen molar-refractivity contribution in [1.82, 2.24) is 4.90 Å². The van der Waals surface area contributed by atoms with Crippen molar-refractivity contribution in [3.63, 3.8) is 0 Å². The third-order valence-electron chi connectivity index (χ3n) is 2.98. The molecule has 3 nitrogen and oxygen atoms in total. The SMILES string of the molecule is CN1CC2=CCOc3cc(N)cc(c32)C1. The van der Waals surface area contributed by atoms with Crippen molar-refractivity contribution in [1.29, 1.82) is 0 Å². The Morgan fingerprint density at radius 2 is 2.20 bits per heavy atom. The molecule has 0 bridgehead atoms. The second-order valence-electron chi connectivity index (χ2n) is 4.27. The molecule has 0 saturated carbocycles. The van der Waals surface area contributed by atoms with Crippen LogP contribution in [0.2, 0.25) is 0 Å². The van der Waals surface area contributed by atoms with Gasteiger partial charge in [0.1, 0.15) is 12.4 Å². The predicted octanol–water partition coefficient (Wildman–Crippen LogP) is 1.49. The predicted molar refractivity (Wildman–Crippen MR) is 60.7 cm³/mol. The van der Waals surface area contributed by atoms with Crippen LogP contribution in [0.4, 0.5) is 5.69 Å². The van der Waals surface area contributed by atoms with Crippen molar-refractivity contribution in [3.05, 3.63) is 29.3 Å². The van der Waals surface area contributed by atoms with Gasteiger partial charge in [-0.1, -0.05) is 0 Å². The van der Waals surface area contributed by atoms with Gasteiger partial charge in [0, 0.05) is 30.4 Å². The summed E-state index contributed by atoms with van der Waals surface area (Å²) in [5.74, 6) is 0.954. The van der Waals surface area contributed by atoms with Gasteiger partial charge >= 0.3 is 0 Å². The van der Waals surface area contributed by atoms with Gasteiger partial charge in [0.25, 0.3) is 0 Å². The molecule has 0 aliphatic carbocycles. The third kappa shape index (κ3) is 1.31. The fourth-order valence-corrected chi connectivity index (χ4v) is 2.42. The molecule has 2 heterocycles. The van der Waals surface area contributed by atoms with E-state index < -0.39 is 0 Å². The number of anilines is 1. The number of nitrogens with two attached hydrogens (primary N) is 1. The van der Waals surface area contributed by atoms with Gasteiger partial charge in [-0.3, -0.25) is 4.90 Å². The summed E-state index contributed by atoms with van der Waals surface area (Å²) >= 11 is 0. The highest BCUT2D eigenvalue weighted by atomic mass is 16.5.